The molecule has 2 heterocycles. The van der Waals surface area contributed by atoms with Gasteiger partial charge in [0, 0.05) is 23.8 Å². The fourth-order valence-corrected chi connectivity index (χ4v) is 4.69. The Hall–Kier alpha value is -4.43. The number of furan rings is 1. The number of non-ortho nitro benzene ring substituents is 1. The van der Waals surface area contributed by atoms with Crippen LogP contribution in [0.15, 0.2) is 111 Å². The number of nitro benzene ring substituents is 1. The number of carbonyl (C=O) groups is 1. The molecular weight excluding hydrogens is 474 g/mol. The van der Waals surface area contributed by atoms with Crippen molar-refractivity contribution in [1.29, 1.82) is 0 Å². The Labute approximate surface area is 211 Å². The first kappa shape index (κ1) is 23.3. The molecule has 0 N–H and O–H groups in total. The van der Waals surface area contributed by atoms with Crippen LogP contribution in [0.1, 0.15) is 16.9 Å². The fourth-order valence-electron chi connectivity index (χ4n) is 3.74. The standard InChI is InChI=1S/C28H21N3O4S/c32-27-26(17-24-15-16-25(35-24)22-11-13-23(14-12-22)31(33)34)36-28(29-18-20-7-3-1-4-8-20)30(27)19-21-9-5-2-6-10-21/h1-17H,18-19H2/b26-17+,29-28?. The van der Waals surface area contributed by atoms with E-state index in [0.29, 0.717) is 40.2 Å². The van der Waals surface area contributed by atoms with Crippen LogP contribution >= 0.6 is 11.8 Å². The summed E-state index contributed by atoms with van der Waals surface area (Å²) in [5, 5.41) is 11.5. The highest BCUT2D eigenvalue weighted by atomic mass is 32.2. The van der Waals surface area contributed by atoms with Gasteiger partial charge in [0.2, 0.25) is 0 Å². The van der Waals surface area contributed by atoms with E-state index in [2.05, 4.69) is 0 Å². The van der Waals surface area contributed by atoms with Crippen LogP contribution in [0, 0.1) is 10.1 Å². The van der Waals surface area contributed by atoms with Gasteiger partial charge >= 0.3 is 0 Å². The Morgan fingerprint density at radius 2 is 1.56 bits per heavy atom. The lowest BCUT2D eigenvalue weighted by Gasteiger charge is -2.15. The SMILES string of the molecule is O=C1/C(=C\c2ccc(-c3ccc([N+](=O)[O-])cc3)o2)SC(=NCc2ccccc2)N1Cc1ccccc1. The number of nitrogens with zero attached hydrogens (tertiary/aromatic N) is 3. The molecule has 3 aromatic carbocycles. The Morgan fingerprint density at radius 1 is 0.889 bits per heavy atom. The van der Waals surface area contributed by atoms with Crippen molar-refractivity contribution in [3.8, 4) is 11.3 Å². The second-order valence-corrected chi connectivity index (χ2v) is 9.09. The van der Waals surface area contributed by atoms with Crippen LogP contribution in [0.4, 0.5) is 5.69 Å². The molecule has 36 heavy (non-hydrogen) atoms. The van der Waals surface area contributed by atoms with Crippen molar-refractivity contribution in [2.45, 2.75) is 13.1 Å². The predicted molar refractivity (Wildman–Crippen MR) is 141 cm³/mol. The summed E-state index contributed by atoms with van der Waals surface area (Å²) in [6.07, 6.45) is 1.71. The van der Waals surface area contributed by atoms with E-state index in [4.69, 9.17) is 9.41 Å². The molecule has 0 spiro atoms. The number of amidine groups is 1. The lowest BCUT2D eigenvalue weighted by Crippen LogP contribution is -2.28. The van der Waals surface area contributed by atoms with Crippen molar-refractivity contribution in [2.24, 2.45) is 4.99 Å². The van der Waals surface area contributed by atoms with Gasteiger partial charge in [0.15, 0.2) is 5.17 Å². The van der Waals surface area contributed by atoms with Gasteiger partial charge in [0.25, 0.3) is 11.6 Å². The molecule has 0 atom stereocenters. The first-order chi connectivity index (χ1) is 17.6. The largest absolute Gasteiger partial charge is 0.457 e. The summed E-state index contributed by atoms with van der Waals surface area (Å²) in [5.41, 5.74) is 2.81. The highest BCUT2D eigenvalue weighted by Gasteiger charge is 2.33. The zero-order valence-electron chi connectivity index (χ0n) is 19.1. The van der Waals surface area contributed by atoms with Crippen LogP contribution in [0.25, 0.3) is 17.4 Å². The number of benzene rings is 3. The summed E-state index contributed by atoms with van der Waals surface area (Å²) in [6.45, 7) is 0.893. The molecule has 0 saturated carbocycles. The third-order valence-corrected chi connectivity index (χ3v) is 6.62. The molecule has 1 saturated heterocycles. The van der Waals surface area contributed by atoms with E-state index in [0.717, 1.165) is 11.1 Å². The maximum absolute atomic E-state index is 13.4. The molecule has 7 nitrogen and oxygen atoms in total. The quantitative estimate of drug-likeness (QED) is 0.165. The summed E-state index contributed by atoms with van der Waals surface area (Å²) in [5.74, 6) is 0.943. The van der Waals surface area contributed by atoms with Gasteiger partial charge in [-0.25, -0.2) is 0 Å². The summed E-state index contributed by atoms with van der Waals surface area (Å²) >= 11 is 1.32. The Morgan fingerprint density at radius 3 is 2.22 bits per heavy atom. The fraction of sp³-hybridized carbons (Fsp3) is 0.0714. The average Bonchev–Trinajstić information content (AvgIpc) is 3.49. The van der Waals surface area contributed by atoms with E-state index in [1.54, 1.807) is 35.2 Å². The molecule has 1 amide bonds. The van der Waals surface area contributed by atoms with Gasteiger partial charge in [0.05, 0.1) is 22.9 Å². The van der Waals surface area contributed by atoms with Crippen LogP contribution < -0.4 is 0 Å². The highest BCUT2D eigenvalue weighted by molar-refractivity contribution is 8.18. The number of amides is 1. The first-order valence-electron chi connectivity index (χ1n) is 11.3. The predicted octanol–water partition coefficient (Wildman–Crippen LogP) is 6.53. The molecule has 1 aliphatic rings. The Kier molecular flexibility index (Phi) is 6.77. The Balaban J connectivity index is 1.40. The monoisotopic (exact) mass is 495 g/mol. The zero-order valence-corrected chi connectivity index (χ0v) is 19.9. The summed E-state index contributed by atoms with van der Waals surface area (Å²) in [6, 6.07) is 29.4. The lowest BCUT2D eigenvalue weighted by atomic mass is 10.1. The van der Waals surface area contributed by atoms with Crippen molar-refractivity contribution >= 4 is 34.6 Å². The maximum atomic E-state index is 13.4. The smallest absolute Gasteiger partial charge is 0.269 e. The van der Waals surface area contributed by atoms with Gasteiger partial charge in [-0.05, 0) is 47.2 Å². The molecular formula is C28H21N3O4S. The number of hydrogen-bond donors (Lipinski definition) is 0. The maximum Gasteiger partial charge on any atom is 0.269 e. The number of hydrogen-bond acceptors (Lipinski definition) is 6. The molecule has 1 fully saturated rings. The van der Waals surface area contributed by atoms with Crippen molar-refractivity contribution < 1.29 is 14.1 Å². The highest BCUT2D eigenvalue weighted by Crippen LogP contribution is 2.35. The molecule has 5 rings (SSSR count). The van der Waals surface area contributed by atoms with Gasteiger partial charge < -0.3 is 4.42 Å². The minimum atomic E-state index is -0.442. The van der Waals surface area contributed by atoms with Crippen molar-refractivity contribution in [2.75, 3.05) is 0 Å². The number of rotatable bonds is 7. The summed E-state index contributed by atoms with van der Waals surface area (Å²) in [4.78, 5) is 30.8. The van der Waals surface area contributed by atoms with Crippen molar-refractivity contribution in [1.82, 2.24) is 4.90 Å². The number of carbonyl (C=O) groups excluding carboxylic acids is 1. The second kappa shape index (κ2) is 10.5. The van der Waals surface area contributed by atoms with Crippen molar-refractivity contribution in [3.63, 3.8) is 0 Å². The van der Waals surface area contributed by atoms with Gasteiger partial charge in [-0.2, -0.15) is 0 Å². The van der Waals surface area contributed by atoms with E-state index in [9.17, 15) is 14.9 Å². The molecule has 1 aromatic heterocycles. The summed E-state index contributed by atoms with van der Waals surface area (Å²) < 4.78 is 5.93. The van der Waals surface area contributed by atoms with E-state index in [1.807, 2.05) is 60.7 Å². The van der Waals surface area contributed by atoms with Gasteiger partial charge in [-0.1, -0.05) is 60.7 Å². The van der Waals surface area contributed by atoms with Gasteiger partial charge in [-0.15, -0.1) is 0 Å². The van der Waals surface area contributed by atoms with Crippen LogP contribution in [0.3, 0.4) is 0 Å². The number of aliphatic imine (C=N–C) groups is 1. The topological polar surface area (TPSA) is 88.9 Å². The minimum absolute atomic E-state index is 0.0152. The molecule has 4 aromatic rings. The average molecular weight is 496 g/mol. The summed E-state index contributed by atoms with van der Waals surface area (Å²) in [7, 11) is 0. The van der Waals surface area contributed by atoms with E-state index < -0.39 is 4.92 Å². The molecule has 0 radical (unpaired) electrons. The normalized spacial score (nSPS) is 15.7. The van der Waals surface area contributed by atoms with Gasteiger partial charge in [0.1, 0.15) is 11.5 Å². The zero-order chi connectivity index (χ0) is 24.9. The molecule has 0 bridgehead atoms. The first-order valence-corrected chi connectivity index (χ1v) is 12.1. The van der Waals surface area contributed by atoms with E-state index in [1.165, 1.54) is 23.9 Å². The van der Waals surface area contributed by atoms with Crippen LogP contribution in [0.5, 0.6) is 0 Å². The van der Waals surface area contributed by atoms with Crippen LogP contribution in [0.2, 0.25) is 0 Å². The molecule has 178 valence electrons. The van der Waals surface area contributed by atoms with Crippen LogP contribution in [-0.2, 0) is 17.9 Å². The third-order valence-electron chi connectivity index (χ3n) is 5.57. The number of nitro groups is 1. The molecule has 1 aliphatic heterocycles. The second-order valence-electron chi connectivity index (χ2n) is 8.08. The molecule has 8 heteroatoms. The molecule has 0 unspecified atom stereocenters. The lowest BCUT2D eigenvalue weighted by molar-refractivity contribution is -0.384. The van der Waals surface area contributed by atoms with E-state index in [-0.39, 0.29) is 11.6 Å². The molecule has 0 aliphatic carbocycles. The number of thioether (sulfide) groups is 1. The Bertz CT molecular complexity index is 1450. The van der Waals surface area contributed by atoms with Crippen LogP contribution in [-0.4, -0.2) is 20.9 Å². The van der Waals surface area contributed by atoms with E-state index >= 15 is 0 Å². The third kappa shape index (κ3) is 5.29. The van der Waals surface area contributed by atoms with Crippen molar-refractivity contribution in [3.05, 3.63) is 129 Å². The van der Waals surface area contributed by atoms with Gasteiger partial charge in [-0.3, -0.25) is 24.8 Å². The minimum Gasteiger partial charge on any atom is -0.457 e.